The number of aliphatic hydroxyl groups is 1. The zero-order chi connectivity index (χ0) is 11.7. The van der Waals surface area contributed by atoms with Gasteiger partial charge in [-0.05, 0) is 27.1 Å². The van der Waals surface area contributed by atoms with E-state index < -0.39 is 11.8 Å². The smallest absolute Gasteiger partial charge is 0.309 e. The normalized spacial score (nSPS) is 10.1. The van der Waals surface area contributed by atoms with Crippen molar-refractivity contribution in [2.24, 2.45) is 0 Å². The van der Waals surface area contributed by atoms with E-state index in [1.54, 1.807) is 0 Å². The molecule has 0 radical (unpaired) electrons. The Bertz CT molecular complexity index is 207. The fourth-order valence-corrected chi connectivity index (χ4v) is 0.927. The highest BCUT2D eigenvalue weighted by Crippen LogP contribution is 1.80. The number of hydrogen-bond acceptors (Lipinski definition) is 4. The molecule has 88 valence electrons. The predicted octanol–water partition coefficient (Wildman–Crippen LogP) is -1.84. The summed E-state index contributed by atoms with van der Waals surface area (Å²) in [6, 6.07) is 0. The van der Waals surface area contributed by atoms with Gasteiger partial charge in [-0.1, -0.05) is 0 Å². The van der Waals surface area contributed by atoms with E-state index in [0.717, 1.165) is 13.0 Å². The molecule has 0 aliphatic rings. The van der Waals surface area contributed by atoms with Gasteiger partial charge in [0.1, 0.15) is 0 Å². The highest BCUT2D eigenvalue weighted by Gasteiger charge is 2.10. The summed E-state index contributed by atoms with van der Waals surface area (Å²) in [6.07, 6.45) is 0.798. The number of aliphatic hydroxyl groups excluding tert-OH is 1. The summed E-state index contributed by atoms with van der Waals surface area (Å²) in [4.78, 5) is 24.1. The molecular formula is C9H19N3O3. The lowest BCUT2D eigenvalue weighted by Gasteiger charge is -2.09. The molecule has 0 aromatic carbocycles. The SMILES string of the molecule is CN(C)CCCNC(=O)C(=O)NCCO. The van der Waals surface area contributed by atoms with Crippen LogP contribution in [-0.2, 0) is 9.59 Å². The summed E-state index contributed by atoms with van der Waals surface area (Å²) < 4.78 is 0. The predicted molar refractivity (Wildman–Crippen MR) is 56.3 cm³/mol. The highest BCUT2D eigenvalue weighted by atomic mass is 16.3. The van der Waals surface area contributed by atoms with Crippen molar-refractivity contribution in [2.45, 2.75) is 6.42 Å². The van der Waals surface area contributed by atoms with Gasteiger partial charge in [0, 0.05) is 13.1 Å². The number of nitrogens with zero attached hydrogens (tertiary/aromatic N) is 1. The zero-order valence-electron chi connectivity index (χ0n) is 9.25. The van der Waals surface area contributed by atoms with Crippen molar-refractivity contribution in [3.63, 3.8) is 0 Å². The third-order valence-electron chi connectivity index (χ3n) is 1.67. The van der Waals surface area contributed by atoms with Crippen molar-refractivity contribution >= 4 is 11.8 Å². The second-order valence-electron chi connectivity index (χ2n) is 3.39. The van der Waals surface area contributed by atoms with Crippen molar-refractivity contribution < 1.29 is 14.7 Å². The summed E-state index contributed by atoms with van der Waals surface area (Å²) in [5.41, 5.74) is 0. The van der Waals surface area contributed by atoms with Crippen LogP contribution in [0, 0.1) is 0 Å². The van der Waals surface area contributed by atoms with Crippen LogP contribution in [0.15, 0.2) is 0 Å². The fourth-order valence-electron chi connectivity index (χ4n) is 0.927. The Hall–Kier alpha value is -1.14. The Balaban J connectivity index is 3.51. The monoisotopic (exact) mass is 217 g/mol. The number of nitrogens with one attached hydrogen (secondary N) is 2. The van der Waals surface area contributed by atoms with Gasteiger partial charge in [-0.3, -0.25) is 9.59 Å². The van der Waals surface area contributed by atoms with Crippen LogP contribution in [0.5, 0.6) is 0 Å². The second kappa shape index (κ2) is 8.19. The van der Waals surface area contributed by atoms with E-state index in [4.69, 9.17) is 5.11 Å². The molecule has 6 nitrogen and oxygen atoms in total. The van der Waals surface area contributed by atoms with Gasteiger partial charge in [-0.25, -0.2) is 0 Å². The fraction of sp³-hybridized carbons (Fsp3) is 0.778. The van der Waals surface area contributed by atoms with Gasteiger partial charge in [-0.2, -0.15) is 0 Å². The summed E-state index contributed by atoms with van der Waals surface area (Å²) in [7, 11) is 3.88. The summed E-state index contributed by atoms with van der Waals surface area (Å²) in [5.74, 6) is -1.35. The number of carbonyl (C=O) groups is 2. The Morgan fingerprint density at radius 1 is 1.13 bits per heavy atom. The van der Waals surface area contributed by atoms with Gasteiger partial charge in [0.05, 0.1) is 6.61 Å². The Labute approximate surface area is 89.6 Å². The van der Waals surface area contributed by atoms with Gasteiger partial charge in [0.15, 0.2) is 0 Å². The number of amides is 2. The average molecular weight is 217 g/mol. The second-order valence-corrected chi connectivity index (χ2v) is 3.39. The summed E-state index contributed by atoms with van der Waals surface area (Å²) in [5, 5.41) is 13.2. The maximum absolute atomic E-state index is 11.1. The Morgan fingerprint density at radius 2 is 1.67 bits per heavy atom. The molecule has 0 aromatic rings. The molecule has 0 aliphatic carbocycles. The molecule has 0 spiro atoms. The van der Waals surface area contributed by atoms with Crippen LogP contribution in [0.25, 0.3) is 0 Å². The number of hydrogen-bond donors (Lipinski definition) is 3. The first-order valence-electron chi connectivity index (χ1n) is 4.89. The molecule has 0 aromatic heterocycles. The highest BCUT2D eigenvalue weighted by molar-refractivity contribution is 6.35. The molecule has 0 aliphatic heterocycles. The summed E-state index contributed by atoms with van der Waals surface area (Å²) >= 11 is 0. The van der Waals surface area contributed by atoms with Crippen LogP contribution in [-0.4, -0.2) is 62.2 Å². The lowest BCUT2D eigenvalue weighted by Crippen LogP contribution is -2.41. The molecule has 0 unspecified atom stereocenters. The molecule has 0 saturated heterocycles. The van der Waals surface area contributed by atoms with E-state index in [9.17, 15) is 9.59 Å². The number of carbonyl (C=O) groups excluding carboxylic acids is 2. The van der Waals surface area contributed by atoms with Gasteiger partial charge in [-0.15, -0.1) is 0 Å². The van der Waals surface area contributed by atoms with E-state index in [1.165, 1.54) is 0 Å². The first kappa shape index (κ1) is 13.9. The van der Waals surface area contributed by atoms with Crippen molar-refractivity contribution in [1.82, 2.24) is 15.5 Å². The standard InChI is InChI=1S/C9H19N3O3/c1-12(2)6-3-4-10-8(14)9(15)11-5-7-13/h13H,3-7H2,1-2H3,(H,10,14)(H,11,15). The van der Waals surface area contributed by atoms with E-state index in [1.807, 2.05) is 19.0 Å². The summed E-state index contributed by atoms with van der Waals surface area (Å²) in [6.45, 7) is 1.27. The van der Waals surface area contributed by atoms with E-state index in [2.05, 4.69) is 10.6 Å². The first-order valence-corrected chi connectivity index (χ1v) is 4.89. The molecule has 0 bridgehead atoms. The van der Waals surface area contributed by atoms with Gasteiger partial charge < -0.3 is 20.6 Å². The Kier molecular flexibility index (Phi) is 7.57. The third-order valence-corrected chi connectivity index (χ3v) is 1.67. The van der Waals surface area contributed by atoms with Crippen molar-refractivity contribution in [3.05, 3.63) is 0 Å². The first-order chi connectivity index (χ1) is 7.07. The maximum Gasteiger partial charge on any atom is 0.309 e. The molecule has 6 heteroatoms. The molecule has 0 fully saturated rings. The molecule has 0 atom stereocenters. The lowest BCUT2D eigenvalue weighted by atomic mass is 10.4. The quantitative estimate of drug-likeness (QED) is 0.361. The van der Waals surface area contributed by atoms with Crippen LogP contribution < -0.4 is 10.6 Å². The van der Waals surface area contributed by atoms with E-state index in [-0.39, 0.29) is 13.2 Å². The van der Waals surface area contributed by atoms with Gasteiger partial charge >= 0.3 is 11.8 Å². The molecule has 0 rings (SSSR count). The molecule has 0 saturated carbocycles. The topological polar surface area (TPSA) is 81.7 Å². The van der Waals surface area contributed by atoms with Crippen LogP contribution in [0.4, 0.5) is 0 Å². The van der Waals surface area contributed by atoms with E-state index >= 15 is 0 Å². The molecule has 15 heavy (non-hydrogen) atoms. The minimum Gasteiger partial charge on any atom is -0.395 e. The van der Waals surface area contributed by atoms with Crippen LogP contribution in [0.1, 0.15) is 6.42 Å². The molecular weight excluding hydrogens is 198 g/mol. The van der Waals surface area contributed by atoms with Crippen LogP contribution >= 0.6 is 0 Å². The van der Waals surface area contributed by atoms with Crippen molar-refractivity contribution in [3.8, 4) is 0 Å². The Morgan fingerprint density at radius 3 is 2.13 bits per heavy atom. The zero-order valence-corrected chi connectivity index (χ0v) is 9.25. The van der Waals surface area contributed by atoms with Crippen molar-refractivity contribution in [2.75, 3.05) is 40.3 Å². The third kappa shape index (κ3) is 7.90. The van der Waals surface area contributed by atoms with Gasteiger partial charge in [0.2, 0.25) is 0 Å². The van der Waals surface area contributed by atoms with Crippen LogP contribution in [0.2, 0.25) is 0 Å². The molecule has 3 N–H and O–H groups in total. The lowest BCUT2D eigenvalue weighted by molar-refractivity contribution is -0.139. The largest absolute Gasteiger partial charge is 0.395 e. The number of rotatable bonds is 6. The van der Waals surface area contributed by atoms with E-state index in [0.29, 0.717) is 6.54 Å². The molecule has 0 heterocycles. The van der Waals surface area contributed by atoms with Crippen molar-refractivity contribution in [1.29, 1.82) is 0 Å². The minimum atomic E-state index is -0.700. The van der Waals surface area contributed by atoms with Crippen LogP contribution in [0.3, 0.4) is 0 Å². The van der Waals surface area contributed by atoms with Gasteiger partial charge in [0.25, 0.3) is 0 Å². The molecule has 2 amide bonds. The minimum absolute atomic E-state index is 0.101. The average Bonchev–Trinajstić information content (AvgIpc) is 2.20. The maximum atomic E-state index is 11.1.